The number of benzene rings is 2. The number of carbonyl (C=O) groups is 1. The highest BCUT2D eigenvalue weighted by Gasteiger charge is 2.18. The summed E-state index contributed by atoms with van der Waals surface area (Å²) in [6.45, 7) is 6.42. The predicted molar refractivity (Wildman–Crippen MR) is 129 cm³/mol. The van der Waals surface area contributed by atoms with E-state index in [2.05, 4.69) is 56.9 Å². The van der Waals surface area contributed by atoms with Gasteiger partial charge in [-0.3, -0.25) is 9.69 Å². The van der Waals surface area contributed by atoms with Crippen molar-refractivity contribution in [1.82, 2.24) is 4.90 Å². The van der Waals surface area contributed by atoms with Gasteiger partial charge in [-0.15, -0.1) is 11.3 Å². The molecule has 1 saturated heterocycles. The second-order valence-electron chi connectivity index (χ2n) is 7.99. The Morgan fingerprint density at radius 3 is 2.87 bits per heavy atom. The molecule has 1 fully saturated rings. The lowest BCUT2D eigenvalue weighted by atomic mass is 10.0. The first-order valence-corrected chi connectivity index (χ1v) is 11.8. The molecule has 1 N–H and O–H groups in total. The normalized spacial score (nSPS) is 17.2. The molecule has 2 aliphatic rings. The molecule has 5 rings (SSSR count). The lowest BCUT2D eigenvalue weighted by molar-refractivity contribution is 0.0983. The third-order valence-corrected chi connectivity index (χ3v) is 6.90. The number of hydrogen-bond donors (Lipinski definition) is 1. The molecule has 0 unspecified atom stereocenters. The number of Topliss-reactive ketones (excluding diaryl/α,β-unsaturated/α-hetero) is 1. The number of thiophene rings is 1. The molecule has 0 atom stereocenters. The Balaban J connectivity index is 1.08. The van der Waals surface area contributed by atoms with Crippen LogP contribution >= 0.6 is 11.3 Å². The highest BCUT2D eigenvalue weighted by atomic mass is 32.1. The van der Waals surface area contributed by atoms with E-state index in [4.69, 9.17) is 4.74 Å². The lowest BCUT2D eigenvalue weighted by Crippen LogP contribution is -2.46. The predicted octanol–water partition coefficient (Wildman–Crippen LogP) is 4.66. The monoisotopic (exact) mass is 433 g/mol. The highest BCUT2D eigenvalue weighted by molar-refractivity contribution is 7.17. The topological polar surface area (TPSA) is 44.8 Å². The van der Waals surface area contributed by atoms with Crippen LogP contribution in [0.1, 0.15) is 16.8 Å². The molecule has 0 saturated carbocycles. The Morgan fingerprint density at radius 2 is 1.97 bits per heavy atom. The van der Waals surface area contributed by atoms with Crippen molar-refractivity contribution < 1.29 is 9.53 Å². The summed E-state index contributed by atoms with van der Waals surface area (Å²) in [7, 11) is 0. The Labute approximate surface area is 186 Å². The first-order chi connectivity index (χ1) is 15.3. The van der Waals surface area contributed by atoms with Gasteiger partial charge in [0, 0.05) is 78.8 Å². The van der Waals surface area contributed by atoms with Crippen LogP contribution in [0.2, 0.25) is 0 Å². The van der Waals surface area contributed by atoms with Crippen LogP contribution < -0.4 is 15.0 Å². The van der Waals surface area contributed by atoms with E-state index in [9.17, 15) is 4.79 Å². The number of fused-ring (bicyclic) bond motifs is 2. The molecule has 0 bridgehead atoms. The van der Waals surface area contributed by atoms with Crippen LogP contribution in [0.5, 0.6) is 5.75 Å². The zero-order chi connectivity index (χ0) is 21.0. The number of nitrogens with zero attached hydrogens (tertiary/aromatic N) is 2. The van der Waals surface area contributed by atoms with Gasteiger partial charge >= 0.3 is 0 Å². The summed E-state index contributed by atoms with van der Waals surface area (Å²) in [5.41, 5.74) is 3.01. The maximum absolute atomic E-state index is 11.9. The van der Waals surface area contributed by atoms with Crippen molar-refractivity contribution in [3.8, 4) is 5.75 Å². The van der Waals surface area contributed by atoms with Crippen molar-refractivity contribution in [1.29, 1.82) is 0 Å². The average molecular weight is 434 g/mol. The van der Waals surface area contributed by atoms with Crippen molar-refractivity contribution in [3.63, 3.8) is 0 Å². The fourth-order valence-corrected chi connectivity index (χ4v) is 5.12. The molecule has 0 spiro atoms. The fourth-order valence-electron chi connectivity index (χ4n) is 4.31. The molecule has 1 aromatic heterocycles. The third kappa shape index (κ3) is 4.45. The molecule has 160 valence electrons. The molecule has 6 heteroatoms. The molecule has 31 heavy (non-hydrogen) atoms. The van der Waals surface area contributed by atoms with Gasteiger partial charge < -0.3 is 15.0 Å². The number of rotatable bonds is 6. The highest BCUT2D eigenvalue weighted by Crippen LogP contribution is 2.31. The van der Waals surface area contributed by atoms with Gasteiger partial charge in [-0.2, -0.15) is 0 Å². The minimum atomic E-state index is 0.201. The maximum Gasteiger partial charge on any atom is 0.166 e. The summed E-state index contributed by atoms with van der Waals surface area (Å²) in [6.07, 6.45) is 4.83. The van der Waals surface area contributed by atoms with Gasteiger partial charge in [0.15, 0.2) is 5.78 Å². The zero-order valence-electron chi connectivity index (χ0n) is 17.5. The molecular formula is C25H27N3O2S. The molecular weight excluding hydrogens is 406 g/mol. The van der Waals surface area contributed by atoms with E-state index in [1.807, 2.05) is 29.5 Å². The largest absolute Gasteiger partial charge is 0.489 e. The van der Waals surface area contributed by atoms with E-state index in [-0.39, 0.29) is 5.78 Å². The quantitative estimate of drug-likeness (QED) is 0.573. The maximum atomic E-state index is 11.9. The molecule has 0 radical (unpaired) electrons. The van der Waals surface area contributed by atoms with Crippen LogP contribution in [0.4, 0.5) is 11.4 Å². The van der Waals surface area contributed by atoms with Gasteiger partial charge in [-0.05, 0) is 35.7 Å². The molecule has 0 amide bonds. The summed E-state index contributed by atoms with van der Waals surface area (Å²) in [5.74, 6) is 0.995. The molecule has 5 nitrogen and oxygen atoms in total. The minimum Gasteiger partial charge on any atom is -0.489 e. The van der Waals surface area contributed by atoms with Crippen molar-refractivity contribution in [2.45, 2.75) is 6.42 Å². The van der Waals surface area contributed by atoms with Gasteiger partial charge in [0.2, 0.25) is 0 Å². The average Bonchev–Trinajstić information content (AvgIpc) is 3.29. The van der Waals surface area contributed by atoms with E-state index in [0.717, 1.165) is 49.7 Å². The van der Waals surface area contributed by atoms with Gasteiger partial charge in [-0.1, -0.05) is 18.2 Å². The number of nitrogens with one attached hydrogen (secondary N) is 1. The van der Waals surface area contributed by atoms with E-state index >= 15 is 0 Å². The van der Waals surface area contributed by atoms with Gasteiger partial charge in [0.25, 0.3) is 0 Å². The molecule has 2 aromatic carbocycles. The molecule has 3 aromatic rings. The number of ketones is 1. The number of hydrogen-bond acceptors (Lipinski definition) is 6. The standard InChI is InChI=1S/C25H27N3O2S/c29-24-8-10-26-22-18-19(6-7-20(22)24)30-16-2-1-11-27-12-14-28(15-13-27)23-4-3-5-25-21(23)9-17-31-25/h1-7,9,17-18,26H,8,10-16H2. The number of anilines is 2. The summed E-state index contributed by atoms with van der Waals surface area (Å²) in [4.78, 5) is 16.9. The molecule has 2 aliphatic heterocycles. The van der Waals surface area contributed by atoms with Crippen molar-refractivity contribution in [2.24, 2.45) is 0 Å². The van der Waals surface area contributed by atoms with Crippen LogP contribution in [0.3, 0.4) is 0 Å². The van der Waals surface area contributed by atoms with E-state index in [1.54, 1.807) is 0 Å². The van der Waals surface area contributed by atoms with E-state index < -0.39 is 0 Å². The summed E-state index contributed by atoms with van der Waals surface area (Å²) >= 11 is 1.81. The second kappa shape index (κ2) is 9.12. The van der Waals surface area contributed by atoms with Gasteiger partial charge in [0.05, 0.1) is 0 Å². The number of piperazine rings is 1. The Kier molecular flexibility index (Phi) is 5.91. The minimum absolute atomic E-state index is 0.201. The van der Waals surface area contributed by atoms with Crippen molar-refractivity contribution in [3.05, 3.63) is 65.6 Å². The number of ether oxygens (including phenoxy) is 1. The van der Waals surface area contributed by atoms with Gasteiger partial charge in [-0.25, -0.2) is 0 Å². The first-order valence-electron chi connectivity index (χ1n) is 10.9. The van der Waals surface area contributed by atoms with Crippen LogP contribution in [-0.4, -0.2) is 56.6 Å². The number of carbonyl (C=O) groups excluding carboxylic acids is 1. The molecule has 0 aliphatic carbocycles. The Bertz CT molecular complexity index is 1100. The zero-order valence-corrected chi connectivity index (χ0v) is 18.4. The van der Waals surface area contributed by atoms with E-state index in [1.165, 1.54) is 15.8 Å². The van der Waals surface area contributed by atoms with Crippen molar-refractivity contribution >= 4 is 38.6 Å². The smallest absolute Gasteiger partial charge is 0.166 e. The van der Waals surface area contributed by atoms with Crippen LogP contribution in [0, 0.1) is 0 Å². The second-order valence-corrected chi connectivity index (χ2v) is 8.93. The third-order valence-electron chi connectivity index (χ3n) is 6.02. The fraction of sp³-hybridized carbons (Fsp3) is 0.320. The Morgan fingerprint density at radius 1 is 1.06 bits per heavy atom. The van der Waals surface area contributed by atoms with Gasteiger partial charge in [0.1, 0.15) is 12.4 Å². The first kappa shape index (κ1) is 20.1. The van der Waals surface area contributed by atoms with Crippen LogP contribution in [0.25, 0.3) is 10.1 Å². The van der Waals surface area contributed by atoms with Crippen molar-refractivity contribution in [2.75, 3.05) is 56.1 Å². The lowest BCUT2D eigenvalue weighted by Gasteiger charge is -2.36. The Hall–Kier alpha value is -2.83. The van der Waals surface area contributed by atoms with Crippen LogP contribution in [-0.2, 0) is 0 Å². The molecule has 3 heterocycles. The summed E-state index contributed by atoms with van der Waals surface area (Å²) in [5, 5.41) is 6.83. The summed E-state index contributed by atoms with van der Waals surface area (Å²) in [6, 6.07) is 14.5. The SMILES string of the molecule is O=C1CCNc2cc(OCC=CCN3CCN(c4cccc5sccc45)CC3)ccc21. The van der Waals surface area contributed by atoms with E-state index in [0.29, 0.717) is 19.6 Å². The van der Waals surface area contributed by atoms with Crippen LogP contribution in [0.15, 0.2) is 60.0 Å². The summed E-state index contributed by atoms with van der Waals surface area (Å²) < 4.78 is 7.21.